The van der Waals surface area contributed by atoms with Crippen LogP contribution < -0.4 is 10.7 Å². The molecule has 0 aliphatic carbocycles. The maximum Gasteiger partial charge on any atom is 0.215 e. The van der Waals surface area contributed by atoms with E-state index >= 15 is 0 Å². The Bertz CT molecular complexity index is 211. The van der Waals surface area contributed by atoms with E-state index in [4.69, 9.17) is 0 Å². The number of hydrogen-bond donors (Lipinski definition) is 2. The molecule has 0 bridgehead atoms. The molecule has 0 amide bonds. The second kappa shape index (κ2) is 4.81. The predicted molar refractivity (Wildman–Crippen MR) is 54.6 cm³/mol. The number of hydrazine groups is 1. The molecule has 0 saturated heterocycles. The van der Waals surface area contributed by atoms with E-state index in [1.807, 2.05) is 25.8 Å². The average Bonchev–Trinajstić information content (AvgIpc) is 2.10. The fourth-order valence-electron chi connectivity index (χ4n) is 1.07. The fourth-order valence-corrected chi connectivity index (χ4v) is 1.07. The number of nitrogens with zero attached hydrogens (tertiary/aromatic N) is 3. The van der Waals surface area contributed by atoms with Crippen LogP contribution in [-0.4, -0.2) is 36.6 Å². The van der Waals surface area contributed by atoms with Crippen molar-refractivity contribution in [3.63, 3.8) is 0 Å². The molecule has 2 N–H and O–H groups in total. The smallest absolute Gasteiger partial charge is 0.215 e. The lowest BCUT2D eigenvalue weighted by molar-refractivity contribution is 0.423. The standard InChI is InChI=1S/C8H17N5/c1-4-9-8-12-7(3)10-6-13(8)11-5-2/h6-7,11H,4-5H2,1-3H3,(H,9,12). The molecule has 13 heavy (non-hydrogen) atoms. The quantitative estimate of drug-likeness (QED) is 0.655. The third-order valence-electron chi connectivity index (χ3n) is 1.61. The van der Waals surface area contributed by atoms with E-state index in [1.165, 1.54) is 0 Å². The van der Waals surface area contributed by atoms with E-state index in [2.05, 4.69) is 20.7 Å². The molecule has 0 spiro atoms. The van der Waals surface area contributed by atoms with Crippen molar-refractivity contribution in [1.29, 1.82) is 0 Å². The topological polar surface area (TPSA) is 52.0 Å². The van der Waals surface area contributed by atoms with Crippen molar-refractivity contribution < 1.29 is 0 Å². The summed E-state index contributed by atoms with van der Waals surface area (Å²) in [6.07, 6.45) is 1.87. The fraction of sp³-hybridized carbons (Fsp3) is 0.750. The predicted octanol–water partition coefficient (Wildman–Crippen LogP) is 0.166. The normalized spacial score (nSPS) is 25.0. The first-order valence-corrected chi connectivity index (χ1v) is 4.65. The maximum absolute atomic E-state index is 4.31. The molecule has 0 aromatic rings. The van der Waals surface area contributed by atoms with Crippen LogP contribution in [0.5, 0.6) is 0 Å². The van der Waals surface area contributed by atoms with Crippen LogP contribution in [0.25, 0.3) is 0 Å². The Kier molecular flexibility index (Phi) is 3.70. The van der Waals surface area contributed by atoms with E-state index in [-0.39, 0.29) is 6.17 Å². The van der Waals surface area contributed by atoms with E-state index in [0.29, 0.717) is 0 Å². The van der Waals surface area contributed by atoms with Gasteiger partial charge in [0.2, 0.25) is 5.96 Å². The summed E-state index contributed by atoms with van der Waals surface area (Å²) >= 11 is 0. The Morgan fingerprint density at radius 2 is 2.46 bits per heavy atom. The molecule has 1 atom stereocenters. The van der Waals surface area contributed by atoms with E-state index in [1.54, 1.807) is 6.34 Å². The van der Waals surface area contributed by atoms with Gasteiger partial charge in [-0.1, -0.05) is 6.92 Å². The summed E-state index contributed by atoms with van der Waals surface area (Å²) in [5.74, 6) is 0.840. The highest BCUT2D eigenvalue weighted by Gasteiger charge is 2.14. The van der Waals surface area contributed by atoms with Gasteiger partial charge in [0.15, 0.2) is 0 Å². The minimum absolute atomic E-state index is 0.111. The maximum atomic E-state index is 4.31. The van der Waals surface area contributed by atoms with Crippen LogP contribution in [-0.2, 0) is 0 Å². The Labute approximate surface area is 78.9 Å². The summed E-state index contributed by atoms with van der Waals surface area (Å²) in [5, 5.41) is 4.98. The van der Waals surface area contributed by atoms with Crippen LogP contribution in [0.3, 0.4) is 0 Å². The van der Waals surface area contributed by atoms with Crippen LogP contribution in [0.4, 0.5) is 0 Å². The number of hydrogen-bond acceptors (Lipinski definition) is 3. The lowest BCUT2D eigenvalue weighted by atomic mass is 10.5. The zero-order valence-corrected chi connectivity index (χ0v) is 8.41. The van der Waals surface area contributed by atoms with Gasteiger partial charge in [0.25, 0.3) is 0 Å². The van der Waals surface area contributed by atoms with Gasteiger partial charge in [-0.3, -0.25) is 4.99 Å². The average molecular weight is 183 g/mol. The number of nitrogens with one attached hydrogen (secondary N) is 2. The highest BCUT2D eigenvalue weighted by molar-refractivity contribution is 5.91. The Balaban J connectivity index is 2.67. The van der Waals surface area contributed by atoms with Crippen molar-refractivity contribution in [3.05, 3.63) is 0 Å². The molecule has 74 valence electrons. The summed E-state index contributed by atoms with van der Waals surface area (Å²) in [5.41, 5.74) is 3.13. The lowest BCUT2D eigenvalue weighted by Gasteiger charge is -2.28. The first-order valence-electron chi connectivity index (χ1n) is 4.65. The van der Waals surface area contributed by atoms with Gasteiger partial charge in [0.1, 0.15) is 12.5 Å². The molecule has 0 fully saturated rings. The zero-order valence-electron chi connectivity index (χ0n) is 8.41. The molecule has 0 saturated carbocycles. The molecule has 5 nitrogen and oxygen atoms in total. The molecule has 1 aliphatic heterocycles. The van der Waals surface area contributed by atoms with E-state index in [9.17, 15) is 0 Å². The van der Waals surface area contributed by atoms with Gasteiger partial charge in [-0.05, 0) is 13.8 Å². The van der Waals surface area contributed by atoms with Crippen molar-refractivity contribution in [2.75, 3.05) is 13.1 Å². The number of aliphatic imine (C=N–C) groups is 2. The SMILES string of the molecule is CCN=C1NC(C)N=CN1NCC. The van der Waals surface area contributed by atoms with Crippen molar-refractivity contribution in [3.8, 4) is 0 Å². The molecule has 1 unspecified atom stereocenters. The Morgan fingerprint density at radius 1 is 1.69 bits per heavy atom. The van der Waals surface area contributed by atoms with Crippen molar-refractivity contribution in [2.45, 2.75) is 26.9 Å². The highest BCUT2D eigenvalue weighted by atomic mass is 15.6. The minimum Gasteiger partial charge on any atom is -0.333 e. The first-order chi connectivity index (χ1) is 6.27. The van der Waals surface area contributed by atoms with E-state index in [0.717, 1.165) is 19.0 Å². The Hall–Kier alpha value is -1.10. The van der Waals surface area contributed by atoms with Gasteiger partial charge in [-0.25, -0.2) is 15.4 Å². The van der Waals surface area contributed by atoms with Gasteiger partial charge in [-0.2, -0.15) is 0 Å². The van der Waals surface area contributed by atoms with Crippen LogP contribution >= 0.6 is 0 Å². The summed E-state index contributed by atoms with van der Waals surface area (Å²) in [6, 6.07) is 0. The van der Waals surface area contributed by atoms with Gasteiger partial charge in [-0.15, -0.1) is 0 Å². The zero-order chi connectivity index (χ0) is 9.68. The molecule has 0 radical (unpaired) electrons. The van der Waals surface area contributed by atoms with Crippen LogP contribution in [0.15, 0.2) is 9.98 Å². The molecule has 1 heterocycles. The summed E-state index contributed by atoms with van der Waals surface area (Å²) < 4.78 is 0. The van der Waals surface area contributed by atoms with Crippen LogP contribution in [0, 0.1) is 0 Å². The molecule has 0 aromatic carbocycles. The van der Waals surface area contributed by atoms with Gasteiger partial charge < -0.3 is 5.32 Å². The molecule has 5 heteroatoms. The molecular weight excluding hydrogens is 166 g/mol. The molecular formula is C8H17N5. The van der Waals surface area contributed by atoms with E-state index < -0.39 is 0 Å². The highest BCUT2D eigenvalue weighted by Crippen LogP contribution is 1.94. The monoisotopic (exact) mass is 183 g/mol. The third kappa shape index (κ3) is 2.69. The third-order valence-corrected chi connectivity index (χ3v) is 1.61. The van der Waals surface area contributed by atoms with Gasteiger partial charge in [0.05, 0.1) is 0 Å². The lowest BCUT2D eigenvalue weighted by Crippen LogP contribution is -2.54. The van der Waals surface area contributed by atoms with Crippen molar-refractivity contribution in [1.82, 2.24) is 15.8 Å². The van der Waals surface area contributed by atoms with Gasteiger partial charge >= 0.3 is 0 Å². The summed E-state index contributed by atoms with van der Waals surface area (Å²) in [7, 11) is 0. The second-order valence-corrected chi connectivity index (χ2v) is 2.76. The summed E-state index contributed by atoms with van der Waals surface area (Å²) in [4.78, 5) is 8.52. The molecule has 1 rings (SSSR count). The van der Waals surface area contributed by atoms with Crippen LogP contribution in [0.1, 0.15) is 20.8 Å². The molecule has 0 aromatic heterocycles. The largest absolute Gasteiger partial charge is 0.333 e. The van der Waals surface area contributed by atoms with Gasteiger partial charge in [0, 0.05) is 13.1 Å². The van der Waals surface area contributed by atoms with Crippen LogP contribution in [0.2, 0.25) is 0 Å². The second-order valence-electron chi connectivity index (χ2n) is 2.76. The molecule has 1 aliphatic rings. The van der Waals surface area contributed by atoms with Crippen molar-refractivity contribution >= 4 is 12.3 Å². The van der Waals surface area contributed by atoms with Crippen molar-refractivity contribution in [2.24, 2.45) is 9.98 Å². The summed E-state index contributed by atoms with van der Waals surface area (Å²) in [6.45, 7) is 7.66. The Morgan fingerprint density at radius 3 is 3.08 bits per heavy atom. The first kappa shape index (κ1) is 9.98. The number of rotatable bonds is 3. The minimum atomic E-state index is 0.111. The number of guanidine groups is 1.